The van der Waals surface area contributed by atoms with Gasteiger partial charge in [0.1, 0.15) is 0 Å². The number of nitrogens with zero attached hydrogens (tertiary/aromatic N) is 4. The summed E-state index contributed by atoms with van der Waals surface area (Å²) in [5, 5.41) is 13.5. The second-order valence-electron chi connectivity index (χ2n) is 5.98. The monoisotopic (exact) mass is 356 g/mol. The summed E-state index contributed by atoms with van der Waals surface area (Å²) < 4.78 is 7.27. The number of rotatable bonds is 6. The van der Waals surface area contributed by atoms with E-state index in [4.69, 9.17) is 10.5 Å². The van der Waals surface area contributed by atoms with Crippen molar-refractivity contribution in [2.45, 2.75) is 39.2 Å². The van der Waals surface area contributed by atoms with E-state index in [2.05, 4.69) is 27.2 Å². The Morgan fingerprint density at radius 3 is 2.75 bits per heavy atom. The zero-order valence-corrected chi connectivity index (χ0v) is 14.7. The summed E-state index contributed by atoms with van der Waals surface area (Å²) >= 11 is 0. The smallest absolute Gasteiger partial charge is 0.320 e. The van der Waals surface area contributed by atoms with Crippen molar-refractivity contribution >= 4 is 29.4 Å². The predicted octanol–water partition coefficient (Wildman–Crippen LogP) is 1.71. The van der Waals surface area contributed by atoms with Crippen molar-refractivity contribution in [2.75, 3.05) is 25.4 Å². The number of nitrogens with one attached hydrogen (secondary N) is 1. The number of nitrogens with two attached hydrogens (primary N) is 1. The van der Waals surface area contributed by atoms with Crippen molar-refractivity contribution < 1.29 is 9.84 Å². The SMILES string of the molecule is CCCCOc1nc(N)c2nc(O)n(CC3CCNCC3)c2n1.Cl. The van der Waals surface area contributed by atoms with E-state index in [1.807, 2.05) is 0 Å². The highest BCUT2D eigenvalue weighted by Crippen LogP contribution is 2.27. The lowest BCUT2D eigenvalue weighted by atomic mass is 9.98. The van der Waals surface area contributed by atoms with Gasteiger partial charge in [0.25, 0.3) is 6.01 Å². The van der Waals surface area contributed by atoms with Gasteiger partial charge in [-0.15, -0.1) is 12.4 Å². The van der Waals surface area contributed by atoms with E-state index in [1.54, 1.807) is 4.57 Å². The molecule has 1 aliphatic rings. The maximum absolute atomic E-state index is 10.2. The van der Waals surface area contributed by atoms with Crippen LogP contribution >= 0.6 is 12.4 Å². The summed E-state index contributed by atoms with van der Waals surface area (Å²) in [7, 11) is 0. The van der Waals surface area contributed by atoms with Crippen LogP contribution in [0.15, 0.2) is 0 Å². The van der Waals surface area contributed by atoms with Gasteiger partial charge in [0.2, 0.25) is 0 Å². The van der Waals surface area contributed by atoms with Gasteiger partial charge >= 0.3 is 6.01 Å². The standard InChI is InChI=1S/C15H24N6O2.ClH/c1-2-3-8-23-14-19-12(16)11-13(20-14)21(15(22)18-11)9-10-4-6-17-7-5-10;/h10,17H,2-9H2,1H3,(H,18,22)(H2,16,19,20);1H. The number of fused-ring (bicyclic) bond motifs is 1. The van der Waals surface area contributed by atoms with Crippen LogP contribution in [0.2, 0.25) is 0 Å². The molecule has 4 N–H and O–H groups in total. The molecule has 0 bridgehead atoms. The van der Waals surface area contributed by atoms with Gasteiger partial charge < -0.3 is 20.9 Å². The number of halogens is 1. The predicted molar refractivity (Wildman–Crippen MR) is 94.6 cm³/mol. The van der Waals surface area contributed by atoms with Crippen molar-refractivity contribution in [3.05, 3.63) is 0 Å². The molecule has 0 aromatic carbocycles. The summed E-state index contributed by atoms with van der Waals surface area (Å²) in [4.78, 5) is 12.6. The number of ether oxygens (including phenoxy) is 1. The second kappa shape index (κ2) is 8.34. The van der Waals surface area contributed by atoms with E-state index in [1.165, 1.54) is 0 Å². The lowest BCUT2D eigenvalue weighted by molar-refractivity contribution is 0.285. The largest absolute Gasteiger partial charge is 0.480 e. The van der Waals surface area contributed by atoms with E-state index >= 15 is 0 Å². The molecule has 0 saturated carbocycles. The molecular formula is C15H25ClN6O2. The Morgan fingerprint density at radius 1 is 1.29 bits per heavy atom. The maximum Gasteiger partial charge on any atom is 0.320 e. The van der Waals surface area contributed by atoms with Gasteiger partial charge in [-0.3, -0.25) is 4.57 Å². The third-order valence-corrected chi connectivity index (χ3v) is 4.21. The number of piperidine rings is 1. The molecule has 0 unspecified atom stereocenters. The number of aromatic hydroxyl groups is 1. The van der Waals surface area contributed by atoms with Crippen LogP contribution in [0.3, 0.4) is 0 Å². The van der Waals surface area contributed by atoms with Gasteiger partial charge in [0, 0.05) is 6.54 Å². The van der Waals surface area contributed by atoms with Crippen LogP contribution in [0.1, 0.15) is 32.6 Å². The summed E-state index contributed by atoms with van der Waals surface area (Å²) in [6.45, 7) is 5.32. The van der Waals surface area contributed by atoms with Gasteiger partial charge in [-0.05, 0) is 38.3 Å². The Balaban J connectivity index is 0.00000208. The normalized spacial score (nSPS) is 15.4. The third kappa shape index (κ3) is 3.99. The molecule has 1 fully saturated rings. The Labute approximate surface area is 147 Å². The van der Waals surface area contributed by atoms with E-state index in [9.17, 15) is 5.11 Å². The highest BCUT2D eigenvalue weighted by Gasteiger charge is 2.21. The molecule has 8 nitrogen and oxygen atoms in total. The molecular weight excluding hydrogens is 332 g/mol. The molecule has 0 atom stereocenters. The minimum absolute atomic E-state index is 0. The molecule has 3 heterocycles. The first-order chi connectivity index (χ1) is 11.2. The summed E-state index contributed by atoms with van der Waals surface area (Å²) in [6.07, 6.45) is 4.10. The lowest BCUT2D eigenvalue weighted by Gasteiger charge is -2.23. The minimum Gasteiger partial charge on any atom is -0.480 e. The van der Waals surface area contributed by atoms with Crippen molar-refractivity contribution in [2.24, 2.45) is 5.92 Å². The lowest BCUT2D eigenvalue weighted by Crippen LogP contribution is -2.29. The third-order valence-electron chi connectivity index (χ3n) is 4.21. The highest BCUT2D eigenvalue weighted by molar-refractivity contribution is 5.85. The molecule has 0 radical (unpaired) electrons. The highest BCUT2D eigenvalue weighted by atomic mass is 35.5. The van der Waals surface area contributed by atoms with E-state index in [0.29, 0.717) is 30.2 Å². The minimum atomic E-state index is -0.0646. The molecule has 134 valence electrons. The molecule has 1 saturated heterocycles. The van der Waals surface area contributed by atoms with Gasteiger partial charge in [-0.25, -0.2) is 0 Å². The number of hydrogen-bond acceptors (Lipinski definition) is 7. The number of anilines is 1. The maximum atomic E-state index is 10.2. The second-order valence-corrected chi connectivity index (χ2v) is 5.98. The molecule has 0 spiro atoms. The molecule has 2 aromatic rings. The number of hydrogen-bond donors (Lipinski definition) is 3. The summed E-state index contributed by atoms with van der Waals surface area (Å²) in [5.41, 5.74) is 6.92. The number of unbranched alkanes of at least 4 members (excludes halogenated alkanes) is 1. The molecule has 3 rings (SSSR count). The molecule has 9 heteroatoms. The fraction of sp³-hybridized carbons (Fsp3) is 0.667. The zero-order valence-electron chi connectivity index (χ0n) is 13.9. The van der Waals surface area contributed by atoms with Crippen LogP contribution in [0, 0.1) is 5.92 Å². The first kappa shape index (κ1) is 18.5. The van der Waals surface area contributed by atoms with Crippen molar-refractivity contribution in [3.8, 4) is 12.0 Å². The van der Waals surface area contributed by atoms with Crippen LogP contribution in [-0.4, -0.2) is 44.3 Å². The Hall–Kier alpha value is -1.80. The van der Waals surface area contributed by atoms with Gasteiger partial charge in [0.05, 0.1) is 6.61 Å². The fourth-order valence-electron chi connectivity index (χ4n) is 2.85. The molecule has 0 amide bonds. The van der Waals surface area contributed by atoms with Crippen molar-refractivity contribution in [3.63, 3.8) is 0 Å². The zero-order chi connectivity index (χ0) is 16.2. The Kier molecular flexibility index (Phi) is 6.44. The topological polar surface area (TPSA) is 111 Å². The van der Waals surface area contributed by atoms with Gasteiger partial charge in [0.15, 0.2) is 17.0 Å². The molecule has 0 aliphatic carbocycles. The van der Waals surface area contributed by atoms with Crippen LogP contribution in [0.5, 0.6) is 12.0 Å². The Morgan fingerprint density at radius 2 is 2.04 bits per heavy atom. The van der Waals surface area contributed by atoms with E-state index in [-0.39, 0.29) is 30.2 Å². The number of imidazole rings is 1. The summed E-state index contributed by atoms with van der Waals surface area (Å²) in [5.74, 6) is 0.723. The number of aromatic nitrogens is 4. The van der Waals surface area contributed by atoms with E-state index < -0.39 is 0 Å². The average Bonchev–Trinajstić information content (AvgIpc) is 2.86. The van der Waals surface area contributed by atoms with Crippen LogP contribution in [0.25, 0.3) is 11.2 Å². The Bertz CT molecular complexity index is 672. The summed E-state index contributed by atoms with van der Waals surface area (Å²) in [6, 6.07) is 0.181. The molecule has 2 aromatic heterocycles. The van der Waals surface area contributed by atoms with Crippen LogP contribution in [0.4, 0.5) is 5.82 Å². The first-order valence-corrected chi connectivity index (χ1v) is 8.25. The van der Waals surface area contributed by atoms with Gasteiger partial charge in [-0.2, -0.15) is 15.0 Å². The van der Waals surface area contributed by atoms with Crippen molar-refractivity contribution in [1.29, 1.82) is 0 Å². The van der Waals surface area contributed by atoms with Crippen LogP contribution < -0.4 is 15.8 Å². The fourth-order valence-corrected chi connectivity index (χ4v) is 2.85. The van der Waals surface area contributed by atoms with E-state index in [0.717, 1.165) is 38.8 Å². The average molecular weight is 357 g/mol. The molecule has 1 aliphatic heterocycles. The molecule has 24 heavy (non-hydrogen) atoms. The van der Waals surface area contributed by atoms with Crippen molar-refractivity contribution in [1.82, 2.24) is 24.8 Å². The first-order valence-electron chi connectivity index (χ1n) is 8.25. The quantitative estimate of drug-likeness (QED) is 0.675. The van der Waals surface area contributed by atoms with Crippen LogP contribution in [-0.2, 0) is 6.54 Å². The number of nitrogen functional groups attached to an aromatic ring is 1. The van der Waals surface area contributed by atoms with Gasteiger partial charge in [-0.1, -0.05) is 13.3 Å².